The number of aliphatic hydroxyl groups is 4. The molecule has 51 heavy (non-hydrogen) atoms. The predicted molar refractivity (Wildman–Crippen MR) is 171 cm³/mol. The van der Waals surface area contributed by atoms with Gasteiger partial charge >= 0.3 is 0 Å². The van der Waals surface area contributed by atoms with Crippen LogP contribution < -0.4 is 14.2 Å². The van der Waals surface area contributed by atoms with E-state index in [1.165, 1.54) is 48.5 Å². The first-order valence-electron chi connectivity index (χ1n) is 15.8. The minimum atomic E-state index is -1.93. The molecule has 0 spiro atoms. The molecule has 7 rings (SSSR count). The van der Waals surface area contributed by atoms with Crippen LogP contribution in [0.15, 0.2) is 66.7 Å². The fourth-order valence-electron chi connectivity index (χ4n) is 6.67. The first-order valence-corrected chi connectivity index (χ1v) is 15.8. The molecule has 0 aliphatic carbocycles. The van der Waals surface area contributed by atoms with Crippen LogP contribution in [0.3, 0.4) is 0 Å². The van der Waals surface area contributed by atoms with Gasteiger partial charge in [-0.05, 0) is 35.4 Å². The topological polar surface area (TPSA) is 253 Å². The van der Waals surface area contributed by atoms with Gasteiger partial charge < -0.3 is 64.9 Å². The largest absolute Gasteiger partial charge is 0.508 e. The second kappa shape index (κ2) is 12.9. The van der Waals surface area contributed by atoms with Crippen LogP contribution in [0.2, 0.25) is 0 Å². The van der Waals surface area contributed by atoms with Crippen molar-refractivity contribution in [2.75, 3.05) is 6.61 Å². The molecule has 266 valence electrons. The summed E-state index contributed by atoms with van der Waals surface area (Å²) in [6.45, 7) is -0.792. The number of hydrogen-bond donors (Lipinski definition) is 9. The molecule has 0 saturated carbocycles. The third-order valence-electron chi connectivity index (χ3n) is 9.21. The molecule has 15 nitrogen and oxygen atoms in total. The van der Waals surface area contributed by atoms with E-state index >= 15 is 0 Å². The highest BCUT2D eigenvalue weighted by Crippen LogP contribution is 2.56. The molecule has 0 amide bonds. The van der Waals surface area contributed by atoms with Crippen LogP contribution in [0.1, 0.15) is 62.0 Å². The van der Waals surface area contributed by atoms with Crippen molar-refractivity contribution in [3.05, 3.63) is 94.5 Å². The number of benzene rings is 4. The lowest BCUT2D eigenvalue weighted by Crippen LogP contribution is -2.60. The quantitative estimate of drug-likeness (QED) is 0.139. The van der Waals surface area contributed by atoms with Gasteiger partial charge in [-0.3, -0.25) is 9.59 Å². The number of fused-ring (bicyclic) bond motifs is 2. The molecule has 1 fully saturated rings. The molecule has 4 aromatic carbocycles. The maximum atomic E-state index is 14.7. The maximum absolute atomic E-state index is 14.7. The predicted octanol–water partition coefficient (Wildman–Crippen LogP) is 2.20. The summed E-state index contributed by atoms with van der Waals surface area (Å²) in [6, 6.07) is 14.4. The summed E-state index contributed by atoms with van der Waals surface area (Å²) in [7, 11) is 0. The zero-order chi connectivity index (χ0) is 36.3. The molecule has 1 saturated heterocycles. The van der Waals surface area contributed by atoms with E-state index in [0.29, 0.717) is 5.56 Å². The van der Waals surface area contributed by atoms with Crippen molar-refractivity contribution < 1.29 is 74.5 Å². The first-order chi connectivity index (χ1) is 24.4. The Morgan fingerprint density at radius 1 is 0.706 bits per heavy atom. The standard InChI is InChI=1S/C36H32O15/c37-13-25-30(44)32(46)33(47)36(51-25)50-24-12-21(43)26-20(42)11-22(14-1-5-16(38)6-2-14)48-35(26)28(24)29-31(45)27-19(41)9-18(40)10-23(27)49-34(29)15-3-7-17(39)8-4-15/h1-10,12,22,25,29-30,32-34,36-41,43-44,46-47H,11,13H2. The number of ether oxygens (including phenoxy) is 4. The number of carbonyl (C=O) groups is 2. The number of Topliss-reactive ketones (excluding diaryl/α,β-unsaturated/α-hetero) is 2. The minimum absolute atomic E-state index is 0.0546. The van der Waals surface area contributed by atoms with Gasteiger partial charge in [-0.25, -0.2) is 0 Å². The number of phenols is 5. The fraction of sp³-hybridized carbons (Fsp3) is 0.278. The van der Waals surface area contributed by atoms with Crippen molar-refractivity contribution >= 4 is 11.6 Å². The molecule has 0 radical (unpaired) electrons. The molecule has 4 aromatic rings. The van der Waals surface area contributed by atoms with Gasteiger partial charge in [0, 0.05) is 18.2 Å². The SMILES string of the molecule is O=C1CC(c2ccc(O)cc2)Oc2c1c(O)cc(OC1OC(CO)C(O)C(O)C1O)c2C1C(=O)c2c(O)cc(O)cc2OC1c1ccc(O)cc1. The average Bonchev–Trinajstić information content (AvgIpc) is 3.09. The highest BCUT2D eigenvalue weighted by molar-refractivity contribution is 6.09. The third kappa shape index (κ3) is 5.90. The van der Waals surface area contributed by atoms with Gasteiger partial charge in [-0.15, -0.1) is 0 Å². The molecule has 3 aliphatic rings. The third-order valence-corrected chi connectivity index (χ3v) is 9.21. The van der Waals surface area contributed by atoms with Gasteiger partial charge in [-0.2, -0.15) is 0 Å². The number of aliphatic hydroxyl groups excluding tert-OH is 4. The van der Waals surface area contributed by atoms with Crippen LogP contribution in [0, 0.1) is 0 Å². The normalized spacial score (nSPS) is 27.1. The molecule has 3 aliphatic heterocycles. The fourth-order valence-corrected chi connectivity index (χ4v) is 6.67. The van der Waals surface area contributed by atoms with Crippen molar-refractivity contribution in [1.29, 1.82) is 0 Å². The molecule has 8 atom stereocenters. The van der Waals surface area contributed by atoms with Crippen molar-refractivity contribution in [3.63, 3.8) is 0 Å². The maximum Gasteiger partial charge on any atom is 0.229 e. The molecule has 15 heteroatoms. The smallest absolute Gasteiger partial charge is 0.229 e. The van der Waals surface area contributed by atoms with Crippen molar-refractivity contribution in [2.24, 2.45) is 0 Å². The number of phenolic OH excluding ortho intramolecular Hbond substituents is 5. The zero-order valence-electron chi connectivity index (χ0n) is 26.4. The summed E-state index contributed by atoms with van der Waals surface area (Å²) in [6.07, 6.45) is -11.4. The van der Waals surface area contributed by atoms with E-state index in [2.05, 4.69) is 0 Å². The van der Waals surface area contributed by atoms with Gasteiger partial charge in [0.1, 0.15) is 93.7 Å². The van der Waals surface area contributed by atoms with Gasteiger partial charge in [0.2, 0.25) is 6.29 Å². The molecule has 8 unspecified atom stereocenters. The minimum Gasteiger partial charge on any atom is -0.508 e. The van der Waals surface area contributed by atoms with Gasteiger partial charge in [0.05, 0.1) is 24.5 Å². The van der Waals surface area contributed by atoms with E-state index < -0.39 is 90.0 Å². The monoisotopic (exact) mass is 704 g/mol. The van der Waals surface area contributed by atoms with E-state index in [1.54, 1.807) is 0 Å². The van der Waals surface area contributed by atoms with E-state index in [1.807, 2.05) is 0 Å². The lowest BCUT2D eigenvalue weighted by Gasteiger charge is -2.41. The molecule has 9 N–H and O–H groups in total. The molecule has 3 heterocycles. The summed E-state index contributed by atoms with van der Waals surface area (Å²) >= 11 is 0. The number of hydrogen-bond acceptors (Lipinski definition) is 15. The van der Waals surface area contributed by atoms with Crippen LogP contribution in [0.5, 0.6) is 46.0 Å². The second-order valence-corrected chi connectivity index (χ2v) is 12.5. The van der Waals surface area contributed by atoms with Crippen LogP contribution in [0.25, 0.3) is 0 Å². The van der Waals surface area contributed by atoms with Gasteiger partial charge in [-0.1, -0.05) is 24.3 Å². The van der Waals surface area contributed by atoms with Crippen LogP contribution in [-0.4, -0.2) is 94.8 Å². The van der Waals surface area contributed by atoms with E-state index in [9.17, 15) is 55.5 Å². The summed E-state index contributed by atoms with van der Waals surface area (Å²) in [5, 5.41) is 93.8. The van der Waals surface area contributed by atoms with Crippen molar-refractivity contribution in [2.45, 2.75) is 55.3 Å². The summed E-state index contributed by atoms with van der Waals surface area (Å²) in [5.41, 5.74) is -0.183. The van der Waals surface area contributed by atoms with Gasteiger partial charge in [0.25, 0.3) is 0 Å². The Balaban J connectivity index is 1.47. The lowest BCUT2D eigenvalue weighted by molar-refractivity contribution is -0.277. The Kier molecular flexibility index (Phi) is 8.61. The van der Waals surface area contributed by atoms with Crippen molar-refractivity contribution in [1.82, 2.24) is 0 Å². The summed E-state index contributed by atoms with van der Waals surface area (Å²) < 4.78 is 24.3. The average molecular weight is 705 g/mol. The van der Waals surface area contributed by atoms with Crippen LogP contribution in [0.4, 0.5) is 0 Å². The first kappa shape index (κ1) is 33.9. The van der Waals surface area contributed by atoms with E-state index in [0.717, 1.165) is 18.2 Å². The van der Waals surface area contributed by atoms with E-state index in [4.69, 9.17) is 18.9 Å². The molecular weight excluding hydrogens is 672 g/mol. The number of ketones is 2. The molecule has 0 aromatic heterocycles. The van der Waals surface area contributed by atoms with Crippen LogP contribution in [-0.2, 0) is 4.74 Å². The van der Waals surface area contributed by atoms with Crippen LogP contribution >= 0.6 is 0 Å². The lowest BCUT2D eigenvalue weighted by atomic mass is 9.78. The Morgan fingerprint density at radius 3 is 1.98 bits per heavy atom. The molecule has 0 bridgehead atoms. The van der Waals surface area contributed by atoms with Gasteiger partial charge in [0.15, 0.2) is 11.6 Å². The summed E-state index contributed by atoms with van der Waals surface area (Å²) in [4.78, 5) is 28.5. The summed E-state index contributed by atoms with van der Waals surface area (Å²) in [5.74, 6) is -5.85. The Bertz CT molecular complexity index is 1990. The van der Waals surface area contributed by atoms with Crippen molar-refractivity contribution in [3.8, 4) is 46.0 Å². The second-order valence-electron chi connectivity index (χ2n) is 12.5. The number of carbonyl (C=O) groups excluding carboxylic acids is 2. The highest BCUT2D eigenvalue weighted by atomic mass is 16.7. The Labute approximate surface area is 288 Å². The zero-order valence-corrected chi connectivity index (χ0v) is 26.4. The van der Waals surface area contributed by atoms with E-state index in [-0.39, 0.29) is 51.7 Å². The highest BCUT2D eigenvalue weighted by Gasteiger charge is 2.49. The molecular formula is C36H32O15. The number of aromatic hydroxyl groups is 5. The Morgan fingerprint density at radius 2 is 1.33 bits per heavy atom. The Hall–Kier alpha value is -5.58. The number of rotatable bonds is 6.